The largest absolute Gasteiger partial charge is 0.0837 e. The fourth-order valence-corrected chi connectivity index (χ4v) is 3.75. The van der Waals surface area contributed by atoms with Gasteiger partial charge in [-0.2, -0.15) is 0 Å². The summed E-state index contributed by atoms with van der Waals surface area (Å²) in [4.78, 5) is 0. The Labute approximate surface area is 130 Å². The molecule has 3 aromatic rings. The van der Waals surface area contributed by atoms with Crippen LogP contribution in [-0.2, 0) is 6.42 Å². The van der Waals surface area contributed by atoms with Gasteiger partial charge in [0.05, 0.1) is 0 Å². The van der Waals surface area contributed by atoms with E-state index in [4.69, 9.17) is 11.6 Å². The smallest absolute Gasteiger partial charge is 0.0487 e. The Hall–Kier alpha value is -1.79. The molecule has 4 rings (SSSR count). The van der Waals surface area contributed by atoms with Crippen molar-refractivity contribution in [2.45, 2.75) is 25.2 Å². The highest BCUT2D eigenvalue weighted by atomic mass is 35.5. The third-order valence-corrected chi connectivity index (χ3v) is 4.80. The second kappa shape index (κ2) is 5.20. The molecule has 0 aromatic heterocycles. The molecule has 0 spiro atoms. The molecule has 1 radical (unpaired) electrons. The Morgan fingerprint density at radius 1 is 1.00 bits per heavy atom. The van der Waals surface area contributed by atoms with Crippen LogP contribution in [0.3, 0.4) is 0 Å². The van der Waals surface area contributed by atoms with Crippen LogP contribution in [0.1, 0.15) is 35.4 Å². The molecule has 1 unspecified atom stereocenters. The number of aryl methyl sites for hydroxylation is 1. The fraction of sp³-hybridized carbons (Fsp3) is 0.200. The van der Waals surface area contributed by atoms with Crippen LogP contribution in [0.4, 0.5) is 0 Å². The van der Waals surface area contributed by atoms with Gasteiger partial charge in [0.25, 0.3) is 0 Å². The first-order valence-corrected chi connectivity index (χ1v) is 7.89. The van der Waals surface area contributed by atoms with Crippen LogP contribution in [0.2, 0.25) is 5.02 Å². The topological polar surface area (TPSA) is 0 Å². The zero-order chi connectivity index (χ0) is 14.2. The Morgan fingerprint density at radius 2 is 1.81 bits per heavy atom. The van der Waals surface area contributed by atoms with Gasteiger partial charge in [-0.1, -0.05) is 60.1 Å². The highest BCUT2D eigenvalue weighted by Gasteiger charge is 2.22. The van der Waals surface area contributed by atoms with Crippen LogP contribution >= 0.6 is 11.6 Å². The highest BCUT2D eigenvalue weighted by molar-refractivity contribution is 6.35. The van der Waals surface area contributed by atoms with E-state index in [-0.39, 0.29) is 0 Å². The molecule has 0 saturated heterocycles. The number of halogens is 1. The molecule has 103 valence electrons. The SMILES string of the molecule is Clc1cc(C2CCCc3ccccc32)[c]c2ccccc12. The minimum atomic E-state index is 0.428. The van der Waals surface area contributed by atoms with Gasteiger partial charge in [-0.25, -0.2) is 0 Å². The van der Waals surface area contributed by atoms with E-state index in [1.807, 2.05) is 12.1 Å². The lowest BCUT2D eigenvalue weighted by Gasteiger charge is -2.26. The van der Waals surface area contributed by atoms with Gasteiger partial charge in [-0.3, -0.25) is 0 Å². The average Bonchev–Trinajstić information content (AvgIpc) is 2.54. The van der Waals surface area contributed by atoms with E-state index in [0.29, 0.717) is 5.92 Å². The summed E-state index contributed by atoms with van der Waals surface area (Å²) in [6, 6.07) is 22.7. The van der Waals surface area contributed by atoms with Gasteiger partial charge in [0.1, 0.15) is 0 Å². The maximum absolute atomic E-state index is 6.49. The van der Waals surface area contributed by atoms with E-state index in [1.54, 1.807) is 0 Å². The number of fused-ring (bicyclic) bond motifs is 2. The van der Waals surface area contributed by atoms with E-state index >= 15 is 0 Å². The molecule has 21 heavy (non-hydrogen) atoms. The van der Waals surface area contributed by atoms with Gasteiger partial charge in [-0.05, 0) is 53.5 Å². The molecule has 0 nitrogen and oxygen atoms in total. The second-order valence-corrected chi connectivity index (χ2v) is 6.17. The zero-order valence-electron chi connectivity index (χ0n) is 11.8. The Kier molecular flexibility index (Phi) is 3.20. The summed E-state index contributed by atoms with van der Waals surface area (Å²) in [6.45, 7) is 0. The molecule has 0 amide bonds. The van der Waals surface area contributed by atoms with Crippen molar-refractivity contribution >= 4 is 22.4 Å². The quantitative estimate of drug-likeness (QED) is 0.534. The molecule has 1 atom stereocenters. The van der Waals surface area contributed by atoms with Crippen LogP contribution in [0, 0.1) is 6.07 Å². The Morgan fingerprint density at radius 3 is 2.76 bits per heavy atom. The van der Waals surface area contributed by atoms with E-state index in [1.165, 1.54) is 36.0 Å². The lowest BCUT2D eigenvalue weighted by Crippen LogP contribution is -2.11. The molecule has 0 saturated carbocycles. The van der Waals surface area contributed by atoms with Crippen molar-refractivity contribution in [3.05, 3.63) is 82.4 Å². The molecule has 1 aliphatic carbocycles. The third kappa shape index (κ3) is 2.24. The van der Waals surface area contributed by atoms with Crippen LogP contribution in [0.5, 0.6) is 0 Å². The molecule has 0 fully saturated rings. The predicted molar refractivity (Wildman–Crippen MR) is 89.0 cm³/mol. The molecule has 0 heterocycles. The minimum absolute atomic E-state index is 0.428. The monoisotopic (exact) mass is 291 g/mol. The molecule has 0 bridgehead atoms. The Bertz CT molecular complexity index is 804. The van der Waals surface area contributed by atoms with Crippen LogP contribution in [0.15, 0.2) is 54.6 Å². The van der Waals surface area contributed by atoms with Gasteiger partial charge in [0.2, 0.25) is 0 Å². The van der Waals surface area contributed by atoms with E-state index in [0.717, 1.165) is 15.8 Å². The van der Waals surface area contributed by atoms with Crippen molar-refractivity contribution in [1.29, 1.82) is 0 Å². The first-order chi connectivity index (χ1) is 10.3. The highest BCUT2D eigenvalue weighted by Crippen LogP contribution is 2.38. The van der Waals surface area contributed by atoms with E-state index in [2.05, 4.69) is 48.5 Å². The lowest BCUT2D eigenvalue weighted by atomic mass is 9.78. The normalized spacial score (nSPS) is 17.7. The average molecular weight is 292 g/mol. The molecular weight excluding hydrogens is 276 g/mol. The maximum Gasteiger partial charge on any atom is 0.0487 e. The second-order valence-electron chi connectivity index (χ2n) is 5.76. The van der Waals surface area contributed by atoms with Gasteiger partial charge >= 0.3 is 0 Å². The molecule has 1 aliphatic rings. The number of rotatable bonds is 1. The van der Waals surface area contributed by atoms with Crippen LogP contribution in [-0.4, -0.2) is 0 Å². The fourth-order valence-electron chi connectivity index (χ4n) is 3.47. The summed E-state index contributed by atoms with van der Waals surface area (Å²) >= 11 is 6.49. The summed E-state index contributed by atoms with van der Waals surface area (Å²) in [5.41, 5.74) is 4.16. The van der Waals surface area contributed by atoms with Crippen molar-refractivity contribution in [3.63, 3.8) is 0 Å². The summed E-state index contributed by atoms with van der Waals surface area (Å²) in [5, 5.41) is 3.04. The Balaban J connectivity index is 1.88. The van der Waals surface area contributed by atoms with Gasteiger partial charge < -0.3 is 0 Å². The van der Waals surface area contributed by atoms with E-state index in [9.17, 15) is 0 Å². The van der Waals surface area contributed by atoms with Crippen molar-refractivity contribution in [3.8, 4) is 0 Å². The van der Waals surface area contributed by atoms with E-state index < -0.39 is 0 Å². The van der Waals surface area contributed by atoms with Gasteiger partial charge in [0, 0.05) is 16.3 Å². The minimum Gasteiger partial charge on any atom is -0.0837 e. The van der Waals surface area contributed by atoms with Crippen LogP contribution in [0.25, 0.3) is 10.8 Å². The van der Waals surface area contributed by atoms with Crippen LogP contribution < -0.4 is 0 Å². The van der Waals surface area contributed by atoms with Crippen molar-refractivity contribution in [2.75, 3.05) is 0 Å². The number of hydrogen-bond donors (Lipinski definition) is 0. The summed E-state index contributed by atoms with van der Waals surface area (Å²) in [6.07, 6.45) is 3.61. The lowest BCUT2D eigenvalue weighted by molar-refractivity contribution is 0.616. The molecule has 1 heteroatoms. The maximum atomic E-state index is 6.49. The number of benzene rings is 3. The molecule has 0 N–H and O–H groups in total. The predicted octanol–water partition coefficient (Wildman–Crippen LogP) is 5.76. The number of hydrogen-bond acceptors (Lipinski definition) is 0. The standard InChI is InChI=1S/C20H16Cl/c21-20-13-16(12-15-7-2-4-10-19(15)20)18-11-5-8-14-6-1-3-9-17(14)18/h1-4,6-7,9-10,13,18H,5,8,11H2. The molecule has 0 aliphatic heterocycles. The first-order valence-electron chi connectivity index (χ1n) is 7.51. The summed E-state index contributed by atoms with van der Waals surface area (Å²) < 4.78 is 0. The van der Waals surface area contributed by atoms with Crippen molar-refractivity contribution in [1.82, 2.24) is 0 Å². The van der Waals surface area contributed by atoms with Crippen molar-refractivity contribution < 1.29 is 0 Å². The molecular formula is C20H16Cl. The molecule has 3 aromatic carbocycles. The summed E-state index contributed by atoms with van der Waals surface area (Å²) in [5.74, 6) is 0.428. The zero-order valence-corrected chi connectivity index (χ0v) is 12.5. The van der Waals surface area contributed by atoms with Crippen molar-refractivity contribution in [2.24, 2.45) is 0 Å². The third-order valence-electron chi connectivity index (χ3n) is 4.49. The van der Waals surface area contributed by atoms with Gasteiger partial charge in [0.15, 0.2) is 0 Å². The van der Waals surface area contributed by atoms with Gasteiger partial charge in [-0.15, -0.1) is 0 Å². The summed E-state index contributed by atoms with van der Waals surface area (Å²) in [7, 11) is 0. The first kappa shape index (κ1) is 12.9.